The van der Waals surface area contributed by atoms with E-state index in [1.807, 2.05) is 32.0 Å². The van der Waals surface area contributed by atoms with Crippen LogP contribution >= 0.6 is 11.3 Å². The van der Waals surface area contributed by atoms with Gasteiger partial charge in [-0.15, -0.1) is 5.10 Å². The molecule has 2 aromatic heterocycles. The molecular weight excluding hydrogens is 348 g/mol. The van der Waals surface area contributed by atoms with Gasteiger partial charge in [0.25, 0.3) is 5.91 Å². The molecule has 0 spiro atoms. The number of aromatic nitrogens is 3. The van der Waals surface area contributed by atoms with Crippen molar-refractivity contribution < 1.29 is 4.79 Å². The lowest BCUT2D eigenvalue weighted by Crippen LogP contribution is -2.47. The lowest BCUT2D eigenvalue weighted by molar-refractivity contribution is 0.0999. The number of thiazole rings is 1. The number of carbonyl (C=O) groups excluding carboxylic acids is 1. The third-order valence-electron chi connectivity index (χ3n) is 4.81. The Labute approximate surface area is 155 Å². The minimum Gasteiger partial charge on any atom is -0.365 e. The molecule has 1 amide bonds. The normalized spacial score (nSPS) is 14.8. The molecule has 1 aliphatic heterocycles. The van der Waals surface area contributed by atoms with E-state index in [2.05, 4.69) is 26.1 Å². The number of hydrogen-bond acceptors (Lipinski definition) is 7. The van der Waals surface area contributed by atoms with Gasteiger partial charge in [-0.25, -0.2) is 4.98 Å². The monoisotopic (exact) mass is 368 g/mol. The molecule has 0 saturated carbocycles. The van der Waals surface area contributed by atoms with Crippen LogP contribution in [-0.2, 0) is 0 Å². The molecular formula is C18H20N6OS. The number of carbonyl (C=O) groups is 1. The Morgan fingerprint density at radius 2 is 1.77 bits per heavy atom. The van der Waals surface area contributed by atoms with E-state index in [4.69, 9.17) is 10.7 Å². The number of fused-ring (bicyclic) bond motifs is 1. The number of piperazine rings is 1. The van der Waals surface area contributed by atoms with Crippen LogP contribution in [-0.4, -0.2) is 47.3 Å². The molecule has 3 heterocycles. The van der Waals surface area contributed by atoms with Gasteiger partial charge in [-0.1, -0.05) is 23.5 Å². The molecule has 4 rings (SSSR count). The minimum absolute atomic E-state index is 0.455. The Balaban J connectivity index is 1.55. The molecule has 1 aliphatic rings. The van der Waals surface area contributed by atoms with Gasteiger partial charge in [0, 0.05) is 26.2 Å². The molecule has 1 saturated heterocycles. The van der Waals surface area contributed by atoms with Crippen LogP contribution in [0.4, 0.5) is 10.9 Å². The topological polar surface area (TPSA) is 88.2 Å². The zero-order valence-electron chi connectivity index (χ0n) is 14.8. The first-order valence-electron chi connectivity index (χ1n) is 8.53. The smallest absolute Gasteiger partial charge is 0.252 e. The van der Waals surface area contributed by atoms with Gasteiger partial charge >= 0.3 is 0 Å². The van der Waals surface area contributed by atoms with Gasteiger partial charge in [-0.05, 0) is 31.5 Å². The summed E-state index contributed by atoms with van der Waals surface area (Å²) in [4.78, 5) is 21.0. The van der Waals surface area contributed by atoms with Crippen molar-refractivity contribution in [2.75, 3.05) is 36.0 Å². The molecule has 134 valence electrons. The summed E-state index contributed by atoms with van der Waals surface area (Å²) < 4.78 is 1.20. The van der Waals surface area contributed by atoms with Crippen molar-refractivity contribution in [3.63, 3.8) is 0 Å². The zero-order valence-corrected chi connectivity index (χ0v) is 15.6. The first kappa shape index (κ1) is 16.7. The number of nitrogens with zero attached hydrogens (tertiary/aromatic N) is 5. The molecule has 2 N–H and O–H groups in total. The number of hydrogen-bond donors (Lipinski definition) is 1. The number of anilines is 2. The third-order valence-corrected chi connectivity index (χ3v) is 5.91. The van der Waals surface area contributed by atoms with Crippen molar-refractivity contribution in [1.29, 1.82) is 0 Å². The Hall–Kier alpha value is -2.74. The molecule has 0 aliphatic carbocycles. The molecule has 3 aromatic rings. The lowest BCUT2D eigenvalue weighted by Gasteiger charge is -2.35. The third kappa shape index (κ3) is 2.86. The van der Waals surface area contributed by atoms with Crippen molar-refractivity contribution in [3.8, 4) is 0 Å². The van der Waals surface area contributed by atoms with Crippen molar-refractivity contribution in [3.05, 3.63) is 41.1 Å². The van der Waals surface area contributed by atoms with Crippen LogP contribution in [0.1, 0.15) is 21.6 Å². The highest BCUT2D eigenvalue weighted by molar-refractivity contribution is 7.22. The number of rotatable bonds is 3. The summed E-state index contributed by atoms with van der Waals surface area (Å²) in [5.74, 6) is 0.133. The predicted molar refractivity (Wildman–Crippen MR) is 104 cm³/mol. The molecule has 8 heteroatoms. The molecule has 0 radical (unpaired) electrons. The summed E-state index contributed by atoms with van der Waals surface area (Å²) in [6.07, 6.45) is 0. The van der Waals surface area contributed by atoms with Gasteiger partial charge < -0.3 is 15.5 Å². The Bertz CT molecular complexity index is 944. The number of benzene rings is 1. The Morgan fingerprint density at radius 1 is 1.08 bits per heavy atom. The number of amides is 1. The van der Waals surface area contributed by atoms with Crippen molar-refractivity contribution in [2.24, 2.45) is 5.73 Å². The van der Waals surface area contributed by atoms with Gasteiger partial charge in [-0.2, -0.15) is 5.10 Å². The van der Waals surface area contributed by atoms with Gasteiger partial charge in [0.2, 0.25) is 0 Å². The summed E-state index contributed by atoms with van der Waals surface area (Å²) in [6, 6.07) is 8.17. The fourth-order valence-corrected chi connectivity index (χ4v) is 4.23. The number of primary amides is 1. The van der Waals surface area contributed by atoms with Gasteiger partial charge in [0.1, 0.15) is 0 Å². The molecule has 7 nitrogen and oxygen atoms in total. The number of para-hydroxylation sites is 1. The lowest BCUT2D eigenvalue weighted by atomic mass is 10.1. The highest BCUT2D eigenvalue weighted by Crippen LogP contribution is 2.30. The molecule has 1 aromatic carbocycles. The van der Waals surface area contributed by atoms with Crippen LogP contribution in [0.2, 0.25) is 0 Å². The van der Waals surface area contributed by atoms with Crippen molar-refractivity contribution >= 4 is 38.4 Å². The highest BCUT2D eigenvalue weighted by atomic mass is 32.1. The van der Waals surface area contributed by atoms with Crippen LogP contribution < -0.4 is 15.5 Å². The summed E-state index contributed by atoms with van der Waals surface area (Å²) in [7, 11) is 0. The SMILES string of the molecule is Cc1nnc(N2CCN(c3nc4ccccc4s3)CC2)c(C(N)=O)c1C. The quantitative estimate of drug-likeness (QED) is 0.762. The first-order valence-corrected chi connectivity index (χ1v) is 9.35. The van der Waals surface area contributed by atoms with Gasteiger partial charge in [0.15, 0.2) is 10.9 Å². The maximum atomic E-state index is 11.9. The summed E-state index contributed by atoms with van der Waals surface area (Å²) >= 11 is 1.71. The summed E-state index contributed by atoms with van der Waals surface area (Å²) in [5, 5.41) is 9.47. The average Bonchev–Trinajstić information content (AvgIpc) is 3.08. The molecule has 0 atom stereocenters. The fraction of sp³-hybridized carbons (Fsp3) is 0.333. The van der Waals surface area contributed by atoms with E-state index in [0.29, 0.717) is 11.4 Å². The fourth-order valence-electron chi connectivity index (χ4n) is 3.22. The van der Waals surface area contributed by atoms with E-state index >= 15 is 0 Å². The van der Waals surface area contributed by atoms with Crippen LogP contribution in [0.25, 0.3) is 10.2 Å². The standard InChI is InChI=1S/C18H20N6OS/c1-11-12(2)21-22-17(15(11)16(19)25)23-7-9-24(10-8-23)18-20-13-5-3-4-6-14(13)26-18/h3-6H,7-10H2,1-2H3,(H2,19,25). The van der Waals surface area contributed by atoms with E-state index in [1.54, 1.807) is 11.3 Å². The van der Waals surface area contributed by atoms with Crippen LogP contribution in [0.3, 0.4) is 0 Å². The maximum Gasteiger partial charge on any atom is 0.252 e. The molecule has 0 unspecified atom stereocenters. The molecule has 0 bridgehead atoms. The molecule has 26 heavy (non-hydrogen) atoms. The van der Waals surface area contributed by atoms with Crippen molar-refractivity contribution in [1.82, 2.24) is 15.2 Å². The van der Waals surface area contributed by atoms with Crippen LogP contribution in [0.5, 0.6) is 0 Å². The first-order chi connectivity index (χ1) is 12.5. The Kier molecular flexibility index (Phi) is 4.20. The van der Waals surface area contributed by atoms with Gasteiger partial charge in [0.05, 0.1) is 21.5 Å². The average molecular weight is 368 g/mol. The zero-order chi connectivity index (χ0) is 18.3. The largest absolute Gasteiger partial charge is 0.365 e. The predicted octanol–water partition coefficient (Wildman–Crippen LogP) is 2.13. The van der Waals surface area contributed by atoms with E-state index in [-0.39, 0.29) is 0 Å². The second kappa shape index (κ2) is 6.53. The maximum absolute atomic E-state index is 11.9. The van der Waals surface area contributed by atoms with Crippen molar-refractivity contribution in [2.45, 2.75) is 13.8 Å². The highest BCUT2D eigenvalue weighted by Gasteiger charge is 2.25. The molecule has 1 fully saturated rings. The second-order valence-electron chi connectivity index (χ2n) is 6.41. The van der Waals surface area contributed by atoms with Crippen LogP contribution in [0, 0.1) is 13.8 Å². The summed E-state index contributed by atoms with van der Waals surface area (Å²) in [6.45, 7) is 6.81. The van der Waals surface area contributed by atoms with Gasteiger partial charge in [-0.3, -0.25) is 4.79 Å². The Morgan fingerprint density at radius 3 is 2.46 bits per heavy atom. The van der Waals surface area contributed by atoms with E-state index in [0.717, 1.165) is 48.1 Å². The number of aryl methyl sites for hydroxylation is 1. The van der Waals surface area contributed by atoms with Crippen LogP contribution in [0.15, 0.2) is 24.3 Å². The summed E-state index contributed by atoms with van der Waals surface area (Å²) in [5.41, 5.74) is 8.65. The van der Waals surface area contributed by atoms with E-state index in [1.165, 1.54) is 4.70 Å². The van der Waals surface area contributed by atoms with E-state index in [9.17, 15) is 4.79 Å². The number of nitrogens with two attached hydrogens (primary N) is 1. The minimum atomic E-state index is -0.455. The second-order valence-corrected chi connectivity index (χ2v) is 7.42. The van der Waals surface area contributed by atoms with E-state index < -0.39 is 5.91 Å².